The van der Waals surface area contributed by atoms with Crippen LogP contribution in [0.4, 0.5) is 0 Å². The van der Waals surface area contributed by atoms with Gasteiger partial charge in [-0.25, -0.2) is 0 Å². The number of piperidine rings is 1. The van der Waals surface area contributed by atoms with Crippen LogP contribution in [0.3, 0.4) is 0 Å². The monoisotopic (exact) mass is 270 g/mol. The van der Waals surface area contributed by atoms with E-state index in [2.05, 4.69) is 17.2 Å². The number of ether oxygens (including phenoxy) is 1. The Kier molecular flexibility index (Phi) is 4.09. The predicted octanol–water partition coefficient (Wildman–Crippen LogP) is -2.18. The Morgan fingerprint density at radius 2 is 2.18 bits per heavy atom. The van der Waals surface area contributed by atoms with Crippen LogP contribution in [-0.4, -0.2) is 28.2 Å². The number of hydrogen-bond donors (Lipinski definition) is 1. The zero-order chi connectivity index (χ0) is 8.27. The third kappa shape index (κ3) is 2.87. The van der Waals surface area contributed by atoms with Gasteiger partial charge in [0.1, 0.15) is 0 Å². The van der Waals surface area contributed by atoms with Crippen molar-refractivity contribution in [2.45, 2.75) is 36.0 Å². The molecule has 0 aromatic rings. The second-order valence-electron chi connectivity index (χ2n) is 3.08. The first-order chi connectivity index (χ1) is 5.26. The van der Waals surface area contributed by atoms with Crippen LogP contribution in [0.25, 0.3) is 0 Å². The molecule has 1 aliphatic heterocycles. The Morgan fingerprint density at radius 1 is 1.45 bits per heavy atom. The van der Waals surface area contributed by atoms with E-state index in [4.69, 9.17) is 4.74 Å². The van der Waals surface area contributed by atoms with Crippen LogP contribution in [0.1, 0.15) is 19.8 Å². The van der Waals surface area contributed by atoms with Crippen LogP contribution in [0.15, 0.2) is 0 Å². The van der Waals surface area contributed by atoms with Crippen LogP contribution < -0.4 is 26.5 Å². The summed E-state index contributed by atoms with van der Waals surface area (Å²) >= 11 is 0.335. The van der Waals surface area contributed by atoms with Crippen LogP contribution in [-0.2, 0) is 4.74 Å². The second-order valence-corrected chi connectivity index (χ2v) is 5.83. The van der Waals surface area contributed by atoms with Gasteiger partial charge in [-0.15, -0.1) is 0 Å². The molecule has 1 heterocycles. The van der Waals surface area contributed by atoms with Crippen molar-refractivity contribution in [2.24, 2.45) is 0 Å². The first kappa shape index (κ1) is 9.74. The van der Waals surface area contributed by atoms with E-state index >= 15 is 0 Å². The number of rotatable bonds is 2. The van der Waals surface area contributed by atoms with E-state index in [1.54, 1.807) is 0 Å². The predicted molar refractivity (Wildman–Crippen MR) is 42.3 cm³/mol. The number of hydrogen-bond acceptors (Lipinski definition) is 2. The van der Waals surface area contributed by atoms with Gasteiger partial charge in [0, 0.05) is 0 Å². The number of methoxy groups -OCH3 is 1. The third-order valence-corrected chi connectivity index (χ3v) is 4.52. The Morgan fingerprint density at radius 3 is 2.73 bits per heavy atom. The summed E-state index contributed by atoms with van der Waals surface area (Å²) in [5.41, 5.74) is 0. The molecule has 3 unspecified atom stereocenters. The quantitative estimate of drug-likeness (QED) is 0.350. The van der Waals surface area contributed by atoms with E-state index in [1.807, 2.05) is 7.11 Å². The molecule has 1 fully saturated rings. The zero-order valence-corrected chi connectivity index (χ0v) is 9.59. The van der Waals surface area contributed by atoms with Gasteiger partial charge in [-0.05, 0) is 0 Å². The fourth-order valence-electron chi connectivity index (χ4n) is 1.51. The summed E-state index contributed by atoms with van der Waals surface area (Å²) in [7, 11) is 1.83. The fraction of sp³-hybridized carbons (Fsp3) is 1.00. The normalized spacial score (nSPS) is 39.4. The van der Waals surface area contributed by atoms with Gasteiger partial charge in [-0.2, -0.15) is 0 Å². The van der Waals surface area contributed by atoms with Crippen molar-refractivity contribution in [1.82, 2.24) is 5.32 Å². The van der Waals surface area contributed by atoms with Gasteiger partial charge in [-0.3, -0.25) is 0 Å². The van der Waals surface area contributed by atoms with Crippen molar-refractivity contribution >= 4 is 0 Å². The van der Waals surface area contributed by atoms with Crippen LogP contribution in [0.2, 0.25) is 0 Å². The molecule has 11 heavy (non-hydrogen) atoms. The molecule has 0 spiro atoms. The third-order valence-electron chi connectivity index (χ3n) is 2.15. The topological polar surface area (TPSA) is 21.3 Å². The zero-order valence-electron chi connectivity index (χ0n) is 7.43. The molecule has 0 saturated carbocycles. The van der Waals surface area contributed by atoms with Crippen LogP contribution in [0, 0.1) is 0 Å². The van der Waals surface area contributed by atoms with E-state index in [9.17, 15) is 0 Å². The molecule has 0 bridgehead atoms. The Bertz CT molecular complexity index is 109. The molecule has 1 saturated heterocycles. The van der Waals surface area contributed by atoms with E-state index in [0.29, 0.717) is 33.4 Å². The Hall–Kier alpha value is 0.650. The van der Waals surface area contributed by atoms with Gasteiger partial charge >= 0.3 is 79.3 Å². The first-order valence-corrected chi connectivity index (χ1v) is 7.43. The summed E-state index contributed by atoms with van der Waals surface area (Å²) in [5.74, 6) is 0. The number of alkyl halides is 2. The molecular formula is C8H17INO-. The summed E-state index contributed by atoms with van der Waals surface area (Å²) in [5, 5.41) is 3.60. The van der Waals surface area contributed by atoms with Crippen LogP contribution in [0.5, 0.6) is 0 Å². The summed E-state index contributed by atoms with van der Waals surface area (Å²) in [6.45, 7) is 2.25. The number of nitrogens with one attached hydrogen (secondary N) is 1. The summed E-state index contributed by atoms with van der Waals surface area (Å²) in [6, 6.07) is 0.651. The number of halogens is 1. The second kappa shape index (κ2) is 4.62. The molecule has 1 rings (SSSR count). The molecule has 0 aromatic heterocycles. The van der Waals surface area contributed by atoms with Crippen molar-refractivity contribution in [3.63, 3.8) is 0 Å². The van der Waals surface area contributed by atoms with Gasteiger partial charge in [0.15, 0.2) is 0 Å². The van der Waals surface area contributed by atoms with E-state index in [1.165, 1.54) is 12.8 Å². The fourth-order valence-corrected chi connectivity index (χ4v) is 3.56. The van der Waals surface area contributed by atoms with Crippen molar-refractivity contribution < 1.29 is 25.9 Å². The molecule has 2 nitrogen and oxygen atoms in total. The van der Waals surface area contributed by atoms with E-state index in [-0.39, 0.29) is 0 Å². The van der Waals surface area contributed by atoms with Crippen molar-refractivity contribution in [1.29, 1.82) is 0 Å². The molecule has 0 aliphatic carbocycles. The summed E-state index contributed by atoms with van der Waals surface area (Å²) in [4.78, 5) is 2.33. The molecular weight excluding hydrogens is 253 g/mol. The molecule has 0 aromatic carbocycles. The maximum absolute atomic E-state index is 5.37. The molecule has 68 valence electrons. The van der Waals surface area contributed by atoms with Crippen molar-refractivity contribution in [2.75, 3.05) is 12.0 Å². The molecule has 0 radical (unpaired) electrons. The minimum absolute atomic E-state index is 0.335. The average Bonchev–Trinajstić information content (AvgIpc) is 2.03. The molecule has 3 heteroatoms. The average molecular weight is 270 g/mol. The Labute approximate surface area is 79.3 Å². The molecule has 3 atom stereocenters. The van der Waals surface area contributed by atoms with Gasteiger partial charge in [0.05, 0.1) is 0 Å². The van der Waals surface area contributed by atoms with Gasteiger partial charge in [-0.1, -0.05) is 0 Å². The minimum atomic E-state index is 0.335. The van der Waals surface area contributed by atoms with Crippen molar-refractivity contribution in [3.05, 3.63) is 0 Å². The molecule has 1 aliphatic rings. The summed E-state index contributed by atoms with van der Waals surface area (Å²) < 4.78 is 6.15. The Balaban J connectivity index is 2.37. The maximum atomic E-state index is 5.37. The SMILES string of the molecule is COC1CC(C)NC([I-]C)C1. The van der Waals surface area contributed by atoms with E-state index in [0.717, 1.165) is 4.05 Å². The first-order valence-electron chi connectivity index (χ1n) is 4.03. The van der Waals surface area contributed by atoms with Gasteiger partial charge < -0.3 is 0 Å². The molecule has 0 amide bonds. The standard InChI is InChI=1S/C8H17INO/c1-6-4-7(11-3)5-8(9-2)10-6/h6-8,10H,4-5H2,1-3H3/q-1. The van der Waals surface area contributed by atoms with E-state index < -0.39 is 0 Å². The van der Waals surface area contributed by atoms with Crippen LogP contribution >= 0.6 is 0 Å². The van der Waals surface area contributed by atoms with Gasteiger partial charge in [0.25, 0.3) is 0 Å². The summed E-state index contributed by atoms with van der Waals surface area (Å²) in [6.07, 6.45) is 2.91. The van der Waals surface area contributed by atoms with Gasteiger partial charge in [0.2, 0.25) is 0 Å². The molecule has 1 N–H and O–H groups in total. The van der Waals surface area contributed by atoms with Crippen molar-refractivity contribution in [3.8, 4) is 0 Å².